The maximum absolute atomic E-state index is 11.7. The molecule has 0 bridgehead atoms. The highest BCUT2D eigenvalue weighted by atomic mass is 16.5. The Balaban J connectivity index is 1.83. The van der Waals surface area contributed by atoms with E-state index < -0.39 is 0 Å². The summed E-state index contributed by atoms with van der Waals surface area (Å²) in [7, 11) is 0. The van der Waals surface area contributed by atoms with E-state index >= 15 is 0 Å². The first kappa shape index (κ1) is 13.8. The molecule has 2 aromatic rings. The van der Waals surface area contributed by atoms with Crippen molar-refractivity contribution in [1.29, 1.82) is 5.26 Å². The van der Waals surface area contributed by atoms with Gasteiger partial charge in [0, 0.05) is 12.6 Å². The quantitative estimate of drug-likeness (QED) is 0.781. The smallest absolute Gasteiger partial charge is 0.311 e. The molecular formula is C16H14N2O2. The maximum atomic E-state index is 11.7. The number of benzene rings is 1. The van der Waals surface area contributed by atoms with E-state index in [1.54, 1.807) is 0 Å². The van der Waals surface area contributed by atoms with Gasteiger partial charge in [0.1, 0.15) is 6.07 Å². The van der Waals surface area contributed by atoms with Crippen LogP contribution in [0.2, 0.25) is 0 Å². The van der Waals surface area contributed by atoms with Gasteiger partial charge in [-0.15, -0.1) is 0 Å². The summed E-state index contributed by atoms with van der Waals surface area (Å²) in [5, 5.41) is 8.89. The molecule has 0 saturated heterocycles. The number of ether oxygens (including phenoxy) is 1. The van der Waals surface area contributed by atoms with Crippen LogP contribution in [0.3, 0.4) is 0 Å². The SMILES string of the molecule is N#Cc1ccncc1OC(=O)CCCc1ccccc1. The molecule has 1 heterocycles. The van der Waals surface area contributed by atoms with Gasteiger partial charge < -0.3 is 4.74 Å². The highest BCUT2D eigenvalue weighted by Crippen LogP contribution is 2.16. The van der Waals surface area contributed by atoms with Crippen LogP contribution in [0, 0.1) is 11.3 Å². The Bertz CT molecular complexity index is 618. The molecule has 0 amide bonds. The molecule has 0 unspecified atom stereocenters. The summed E-state index contributed by atoms with van der Waals surface area (Å²) >= 11 is 0. The molecule has 0 radical (unpaired) electrons. The van der Waals surface area contributed by atoms with Gasteiger partial charge in [-0.05, 0) is 24.5 Å². The van der Waals surface area contributed by atoms with Crippen molar-refractivity contribution in [3.8, 4) is 11.8 Å². The van der Waals surface area contributed by atoms with Gasteiger partial charge in [-0.25, -0.2) is 0 Å². The average molecular weight is 266 g/mol. The number of carbonyl (C=O) groups is 1. The van der Waals surface area contributed by atoms with Gasteiger partial charge in [0.25, 0.3) is 0 Å². The van der Waals surface area contributed by atoms with Crippen molar-refractivity contribution >= 4 is 5.97 Å². The van der Waals surface area contributed by atoms with Crippen LogP contribution in [-0.4, -0.2) is 11.0 Å². The molecule has 20 heavy (non-hydrogen) atoms. The highest BCUT2D eigenvalue weighted by Gasteiger charge is 2.09. The number of rotatable bonds is 5. The van der Waals surface area contributed by atoms with Crippen LogP contribution < -0.4 is 4.74 Å². The van der Waals surface area contributed by atoms with Crippen LogP contribution >= 0.6 is 0 Å². The largest absolute Gasteiger partial charge is 0.423 e. The lowest BCUT2D eigenvalue weighted by Crippen LogP contribution is -2.09. The molecule has 1 aromatic carbocycles. The molecule has 100 valence electrons. The predicted octanol–water partition coefficient (Wildman–Crippen LogP) is 2.88. The lowest BCUT2D eigenvalue weighted by Gasteiger charge is -2.05. The third-order valence-electron chi connectivity index (χ3n) is 2.82. The van der Waals surface area contributed by atoms with Gasteiger partial charge in [0.2, 0.25) is 0 Å². The van der Waals surface area contributed by atoms with E-state index in [4.69, 9.17) is 10.00 Å². The first-order valence-corrected chi connectivity index (χ1v) is 6.38. The Labute approximate surface area is 117 Å². The molecule has 0 atom stereocenters. The fraction of sp³-hybridized carbons (Fsp3) is 0.188. The van der Waals surface area contributed by atoms with Crippen molar-refractivity contribution in [2.75, 3.05) is 0 Å². The van der Waals surface area contributed by atoms with E-state index in [0.29, 0.717) is 18.4 Å². The second-order valence-electron chi connectivity index (χ2n) is 4.30. The van der Waals surface area contributed by atoms with E-state index in [1.165, 1.54) is 24.0 Å². The van der Waals surface area contributed by atoms with E-state index in [2.05, 4.69) is 4.98 Å². The monoisotopic (exact) mass is 266 g/mol. The molecule has 0 saturated carbocycles. The topological polar surface area (TPSA) is 63.0 Å². The average Bonchev–Trinajstić information content (AvgIpc) is 2.49. The zero-order chi connectivity index (χ0) is 14.2. The number of aryl methyl sites for hydroxylation is 1. The van der Waals surface area contributed by atoms with Gasteiger partial charge in [-0.1, -0.05) is 30.3 Å². The van der Waals surface area contributed by atoms with Crippen molar-refractivity contribution in [1.82, 2.24) is 4.98 Å². The molecule has 0 aliphatic heterocycles. The van der Waals surface area contributed by atoms with E-state index in [-0.39, 0.29) is 11.7 Å². The van der Waals surface area contributed by atoms with Crippen LogP contribution in [0.25, 0.3) is 0 Å². The Morgan fingerprint density at radius 3 is 2.80 bits per heavy atom. The maximum Gasteiger partial charge on any atom is 0.311 e. The van der Waals surface area contributed by atoms with Crippen LogP contribution in [0.5, 0.6) is 5.75 Å². The van der Waals surface area contributed by atoms with Crippen LogP contribution in [0.1, 0.15) is 24.0 Å². The predicted molar refractivity (Wildman–Crippen MR) is 74.0 cm³/mol. The molecule has 1 aromatic heterocycles. The third-order valence-corrected chi connectivity index (χ3v) is 2.82. The Morgan fingerprint density at radius 2 is 2.05 bits per heavy atom. The van der Waals surface area contributed by atoms with Crippen molar-refractivity contribution in [3.63, 3.8) is 0 Å². The Kier molecular flexibility index (Phi) is 4.85. The van der Waals surface area contributed by atoms with Crippen molar-refractivity contribution < 1.29 is 9.53 Å². The summed E-state index contributed by atoms with van der Waals surface area (Å²) in [6.07, 6.45) is 4.73. The van der Waals surface area contributed by atoms with Crippen LogP contribution in [0.4, 0.5) is 0 Å². The summed E-state index contributed by atoms with van der Waals surface area (Å²) in [6.45, 7) is 0. The molecule has 0 aliphatic rings. The lowest BCUT2D eigenvalue weighted by molar-refractivity contribution is -0.134. The molecule has 0 aliphatic carbocycles. The standard InChI is InChI=1S/C16H14N2O2/c17-11-14-9-10-18-12-15(14)20-16(19)8-4-7-13-5-2-1-3-6-13/h1-3,5-6,9-10,12H,4,7-8H2. The summed E-state index contributed by atoms with van der Waals surface area (Å²) in [6, 6.07) is 13.5. The van der Waals surface area contributed by atoms with Gasteiger partial charge >= 0.3 is 5.97 Å². The lowest BCUT2D eigenvalue weighted by atomic mass is 10.1. The zero-order valence-corrected chi connectivity index (χ0v) is 11.0. The molecule has 4 nitrogen and oxygen atoms in total. The molecule has 0 N–H and O–H groups in total. The number of pyridine rings is 1. The Hall–Kier alpha value is -2.67. The number of nitriles is 1. The molecule has 2 rings (SSSR count). The fourth-order valence-corrected chi connectivity index (χ4v) is 1.81. The summed E-state index contributed by atoms with van der Waals surface area (Å²) < 4.78 is 5.15. The van der Waals surface area contributed by atoms with Crippen LogP contribution in [0.15, 0.2) is 48.8 Å². The van der Waals surface area contributed by atoms with Crippen molar-refractivity contribution in [2.45, 2.75) is 19.3 Å². The van der Waals surface area contributed by atoms with Crippen LogP contribution in [-0.2, 0) is 11.2 Å². The first-order valence-electron chi connectivity index (χ1n) is 6.38. The minimum Gasteiger partial charge on any atom is -0.423 e. The van der Waals surface area contributed by atoms with Crippen molar-refractivity contribution in [3.05, 3.63) is 59.9 Å². The number of hydrogen-bond donors (Lipinski definition) is 0. The fourth-order valence-electron chi connectivity index (χ4n) is 1.81. The minimum absolute atomic E-state index is 0.222. The van der Waals surface area contributed by atoms with Gasteiger partial charge in [0.05, 0.1) is 11.8 Å². The van der Waals surface area contributed by atoms with Gasteiger partial charge in [-0.2, -0.15) is 5.26 Å². The van der Waals surface area contributed by atoms with Gasteiger partial charge in [-0.3, -0.25) is 9.78 Å². The third kappa shape index (κ3) is 3.92. The number of esters is 1. The molecule has 0 spiro atoms. The van der Waals surface area contributed by atoms with E-state index in [0.717, 1.165) is 6.42 Å². The molecule has 0 fully saturated rings. The number of aromatic nitrogens is 1. The van der Waals surface area contributed by atoms with Crippen molar-refractivity contribution in [2.24, 2.45) is 0 Å². The van der Waals surface area contributed by atoms with E-state index in [1.807, 2.05) is 36.4 Å². The van der Waals surface area contributed by atoms with Gasteiger partial charge in [0.15, 0.2) is 5.75 Å². The number of hydrogen-bond acceptors (Lipinski definition) is 4. The summed E-state index contributed by atoms with van der Waals surface area (Å²) in [5.41, 5.74) is 1.51. The number of nitrogens with zero attached hydrogens (tertiary/aromatic N) is 2. The normalized spacial score (nSPS) is 9.75. The second-order valence-corrected chi connectivity index (χ2v) is 4.30. The highest BCUT2D eigenvalue weighted by molar-refractivity contribution is 5.73. The minimum atomic E-state index is -0.342. The molecular weight excluding hydrogens is 252 g/mol. The first-order chi connectivity index (χ1) is 9.79. The molecule has 4 heteroatoms. The zero-order valence-electron chi connectivity index (χ0n) is 11.0. The summed E-state index contributed by atoms with van der Waals surface area (Å²) in [4.78, 5) is 15.6. The Morgan fingerprint density at radius 1 is 1.25 bits per heavy atom. The summed E-state index contributed by atoms with van der Waals surface area (Å²) in [5.74, 6) is -0.120. The number of carbonyl (C=O) groups excluding carboxylic acids is 1. The van der Waals surface area contributed by atoms with E-state index in [9.17, 15) is 4.79 Å². The second kappa shape index (κ2) is 7.05.